The molecule has 4 nitrogen and oxygen atoms in total. The fourth-order valence-electron chi connectivity index (χ4n) is 1.56. The van der Waals surface area contributed by atoms with Crippen LogP contribution in [-0.2, 0) is 6.42 Å². The second kappa shape index (κ2) is 8.39. The Morgan fingerprint density at radius 2 is 2.00 bits per heavy atom. The van der Waals surface area contributed by atoms with Gasteiger partial charge < -0.3 is 15.4 Å². The molecule has 18 heavy (non-hydrogen) atoms. The van der Waals surface area contributed by atoms with Gasteiger partial charge in [0.2, 0.25) is 0 Å². The number of carbonyl (C=O) groups is 1. The van der Waals surface area contributed by atoms with Crippen molar-refractivity contribution in [1.82, 2.24) is 10.6 Å². The van der Waals surface area contributed by atoms with Crippen molar-refractivity contribution in [1.29, 1.82) is 0 Å². The van der Waals surface area contributed by atoms with Crippen molar-refractivity contribution >= 4 is 6.03 Å². The Balaban J connectivity index is 2.26. The lowest BCUT2D eigenvalue weighted by atomic mass is 10.1. The van der Waals surface area contributed by atoms with E-state index in [4.69, 9.17) is 4.74 Å². The van der Waals surface area contributed by atoms with Crippen LogP contribution in [0.4, 0.5) is 4.79 Å². The van der Waals surface area contributed by atoms with Gasteiger partial charge in [-0.1, -0.05) is 38.5 Å². The molecule has 0 unspecified atom stereocenters. The number of para-hydroxylation sites is 1. The molecule has 0 aliphatic carbocycles. The van der Waals surface area contributed by atoms with E-state index in [2.05, 4.69) is 24.5 Å². The molecule has 0 aliphatic heterocycles. The first-order valence-corrected chi connectivity index (χ1v) is 6.50. The number of nitrogens with one attached hydrogen (secondary N) is 2. The Morgan fingerprint density at radius 3 is 2.72 bits per heavy atom. The largest absolute Gasteiger partial charge is 0.473 e. The van der Waals surface area contributed by atoms with E-state index in [0.717, 1.165) is 30.6 Å². The van der Waals surface area contributed by atoms with Crippen LogP contribution in [0.2, 0.25) is 0 Å². The maximum atomic E-state index is 11.4. The van der Waals surface area contributed by atoms with Gasteiger partial charge in [0.05, 0.1) is 0 Å². The van der Waals surface area contributed by atoms with E-state index >= 15 is 0 Å². The summed E-state index contributed by atoms with van der Waals surface area (Å²) in [6.07, 6.45) is 2.98. The highest BCUT2D eigenvalue weighted by molar-refractivity contribution is 5.73. The van der Waals surface area contributed by atoms with Gasteiger partial charge in [-0.05, 0) is 24.5 Å². The molecule has 2 amide bonds. The minimum atomic E-state index is -0.183. The molecule has 100 valence electrons. The van der Waals surface area contributed by atoms with Crippen LogP contribution in [0.25, 0.3) is 0 Å². The van der Waals surface area contributed by atoms with Crippen molar-refractivity contribution in [2.75, 3.05) is 13.3 Å². The molecule has 1 aromatic carbocycles. The average Bonchev–Trinajstić information content (AvgIpc) is 2.39. The SMILES string of the molecule is CCCCNC(=O)NCOc1ccccc1CC. The number of unbranched alkanes of at least 4 members (excludes halogenated alkanes) is 1. The molecule has 0 atom stereocenters. The molecule has 0 radical (unpaired) electrons. The van der Waals surface area contributed by atoms with Crippen LogP contribution in [-0.4, -0.2) is 19.3 Å². The number of aryl methyl sites for hydroxylation is 1. The number of hydrogen-bond acceptors (Lipinski definition) is 2. The molecule has 0 saturated heterocycles. The molecule has 1 rings (SSSR count). The van der Waals surface area contributed by atoms with Gasteiger partial charge in [0, 0.05) is 6.54 Å². The maximum Gasteiger partial charge on any atom is 0.317 e. The van der Waals surface area contributed by atoms with Gasteiger partial charge in [-0.2, -0.15) is 0 Å². The second-order valence-electron chi connectivity index (χ2n) is 4.04. The number of hydrogen-bond donors (Lipinski definition) is 2. The summed E-state index contributed by atoms with van der Waals surface area (Å²) in [6, 6.07) is 7.66. The fourth-order valence-corrected chi connectivity index (χ4v) is 1.56. The van der Waals surface area contributed by atoms with Crippen molar-refractivity contribution in [2.24, 2.45) is 0 Å². The topological polar surface area (TPSA) is 50.4 Å². The molecule has 0 spiro atoms. The molecule has 0 bridgehead atoms. The zero-order valence-electron chi connectivity index (χ0n) is 11.2. The van der Waals surface area contributed by atoms with E-state index in [1.54, 1.807) is 0 Å². The highest BCUT2D eigenvalue weighted by Crippen LogP contribution is 2.17. The Bertz CT molecular complexity index is 367. The smallest absolute Gasteiger partial charge is 0.317 e. The minimum absolute atomic E-state index is 0.183. The lowest BCUT2D eigenvalue weighted by molar-refractivity contribution is 0.223. The van der Waals surface area contributed by atoms with Gasteiger partial charge in [0.15, 0.2) is 6.73 Å². The normalized spacial score (nSPS) is 9.89. The summed E-state index contributed by atoms with van der Waals surface area (Å²) in [5.74, 6) is 0.828. The van der Waals surface area contributed by atoms with Crippen LogP contribution < -0.4 is 15.4 Å². The van der Waals surface area contributed by atoms with Crippen LogP contribution in [0, 0.1) is 0 Å². The fraction of sp³-hybridized carbons (Fsp3) is 0.500. The summed E-state index contributed by atoms with van der Waals surface area (Å²) in [7, 11) is 0. The van der Waals surface area contributed by atoms with Gasteiger partial charge in [-0.25, -0.2) is 4.79 Å². The molecule has 0 heterocycles. The van der Waals surface area contributed by atoms with Gasteiger partial charge >= 0.3 is 6.03 Å². The molecule has 0 saturated carbocycles. The predicted molar refractivity (Wildman–Crippen MR) is 72.8 cm³/mol. The Hall–Kier alpha value is -1.71. The van der Waals surface area contributed by atoms with E-state index < -0.39 is 0 Å². The van der Waals surface area contributed by atoms with Crippen LogP contribution in [0.15, 0.2) is 24.3 Å². The summed E-state index contributed by atoms with van der Waals surface area (Å²) in [6.45, 7) is 5.06. The molecular weight excluding hydrogens is 228 g/mol. The Kier molecular flexibility index (Phi) is 6.69. The maximum absolute atomic E-state index is 11.4. The third-order valence-electron chi connectivity index (χ3n) is 2.63. The lowest BCUT2D eigenvalue weighted by Crippen LogP contribution is -2.38. The van der Waals surface area contributed by atoms with Crippen molar-refractivity contribution in [3.05, 3.63) is 29.8 Å². The number of ether oxygens (including phenoxy) is 1. The Labute approximate surface area is 109 Å². The third kappa shape index (κ3) is 5.08. The van der Waals surface area contributed by atoms with E-state index in [9.17, 15) is 4.79 Å². The van der Waals surface area contributed by atoms with Crippen molar-refractivity contribution < 1.29 is 9.53 Å². The van der Waals surface area contributed by atoms with E-state index in [1.807, 2.05) is 24.3 Å². The van der Waals surface area contributed by atoms with Crippen LogP contribution in [0.5, 0.6) is 5.75 Å². The van der Waals surface area contributed by atoms with Gasteiger partial charge in [0.1, 0.15) is 5.75 Å². The first-order valence-electron chi connectivity index (χ1n) is 6.50. The highest BCUT2D eigenvalue weighted by atomic mass is 16.5. The average molecular weight is 250 g/mol. The second-order valence-corrected chi connectivity index (χ2v) is 4.04. The van der Waals surface area contributed by atoms with Crippen molar-refractivity contribution in [3.8, 4) is 5.75 Å². The number of urea groups is 1. The van der Waals surface area contributed by atoms with Crippen molar-refractivity contribution in [3.63, 3.8) is 0 Å². The number of amides is 2. The van der Waals surface area contributed by atoms with Crippen LogP contribution >= 0.6 is 0 Å². The lowest BCUT2D eigenvalue weighted by Gasteiger charge is -2.11. The summed E-state index contributed by atoms with van der Waals surface area (Å²) >= 11 is 0. The van der Waals surface area contributed by atoms with Crippen LogP contribution in [0.3, 0.4) is 0 Å². The summed E-state index contributed by atoms with van der Waals surface area (Å²) in [4.78, 5) is 11.4. The first kappa shape index (κ1) is 14.4. The van der Waals surface area contributed by atoms with E-state index in [-0.39, 0.29) is 12.8 Å². The Morgan fingerprint density at radius 1 is 1.22 bits per heavy atom. The van der Waals surface area contributed by atoms with Gasteiger partial charge in [-0.15, -0.1) is 0 Å². The van der Waals surface area contributed by atoms with Gasteiger partial charge in [-0.3, -0.25) is 0 Å². The molecule has 4 heteroatoms. The molecule has 0 fully saturated rings. The summed E-state index contributed by atoms with van der Waals surface area (Å²) in [5.41, 5.74) is 1.14. The van der Waals surface area contributed by atoms with Gasteiger partial charge in [0.25, 0.3) is 0 Å². The number of benzene rings is 1. The zero-order valence-corrected chi connectivity index (χ0v) is 11.2. The molecule has 0 aliphatic rings. The van der Waals surface area contributed by atoms with E-state index in [0.29, 0.717) is 6.54 Å². The highest BCUT2D eigenvalue weighted by Gasteiger charge is 2.02. The quantitative estimate of drug-likeness (QED) is 0.577. The standard InChI is InChI=1S/C14H22N2O2/c1-3-5-10-15-14(17)16-11-18-13-9-7-6-8-12(13)4-2/h6-9H,3-5,10-11H2,1-2H3,(H2,15,16,17). The van der Waals surface area contributed by atoms with Crippen LogP contribution in [0.1, 0.15) is 32.3 Å². The number of rotatable bonds is 7. The predicted octanol–water partition coefficient (Wildman–Crippen LogP) is 2.68. The minimum Gasteiger partial charge on any atom is -0.473 e. The number of carbonyl (C=O) groups excluding carboxylic acids is 1. The van der Waals surface area contributed by atoms with Crippen molar-refractivity contribution in [2.45, 2.75) is 33.1 Å². The monoisotopic (exact) mass is 250 g/mol. The molecule has 0 aromatic heterocycles. The van der Waals surface area contributed by atoms with E-state index in [1.165, 1.54) is 0 Å². The molecular formula is C14H22N2O2. The summed E-state index contributed by atoms with van der Waals surface area (Å²) < 4.78 is 5.53. The zero-order chi connectivity index (χ0) is 13.2. The molecule has 2 N–H and O–H groups in total. The summed E-state index contributed by atoms with van der Waals surface area (Å²) in [5, 5.41) is 5.44. The first-order chi connectivity index (χ1) is 8.77. The third-order valence-corrected chi connectivity index (χ3v) is 2.63. The molecule has 1 aromatic rings.